The molecule has 0 atom stereocenters. The van der Waals surface area contributed by atoms with E-state index in [0.29, 0.717) is 6.04 Å². The maximum Gasteiger partial charge on any atom is 2.00 e. The Morgan fingerprint density at radius 1 is 1.23 bits per heavy atom. The minimum absolute atomic E-state index is 0. The fourth-order valence-corrected chi connectivity index (χ4v) is 2.93. The molecule has 1 aromatic heterocycles. The Hall–Kier alpha value is -2.13. The second kappa shape index (κ2) is 10.8. The number of carbonyl (C=O) groups excluding carboxylic acids is 1. The maximum absolute atomic E-state index is 10.0. The number of fused-ring (bicyclic) bond motifs is 1. The number of allylic oxidation sites excluding steroid dienone is 2. The molecular formula is C24H31N3O2Pt. The van der Waals surface area contributed by atoms with Gasteiger partial charge in [-0.05, 0) is 45.9 Å². The maximum atomic E-state index is 10.0. The van der Waals surface area contributed by atoms with Gasteiger partial charge in [-0.25, -0.2) is 4.98 Å². The molecular weight excluding hydrogens is 557 g/mol. The summed E-state index contributed by atoms with van der Waals surface area (Å²) in [6.07, 6.45) is 3.01. The molecule has 6 heteroatoms. The van der Waals surface area contributed by atoms with E-state index in [-0.39, 0.29) is 38.0 Å². The minimum Gasteiger partial charge on any atom is -0.512 e. The Bertz CT molecular complexity index is 867. The summed E-state index contributed by atoms with van der Waals surface area (Å²) in [7, 11) is 0. The molecule has 0 amide bonds. The third-order valence-corrected chi connectivity index (χ3v) is 4.40. The summed E-state index contributed by atoms with van der Waals surface area (Å²) in [6, 6.07) is 14.3. The summed E-state index contributed by atoms with van der Waals surface area (Å²) in [6.45, 7) is 16.0. The number of pyridine rings is 1. The van der Waals surface area contributed by atoms with Gasteiger partial charge in [-0.15, -0.1) is 18.4 Å². The van der Waals surface area contributed by atoms with Crippen LogP contribution >= 0.6 is 0 Å². The molecule has 30 heavy (non-hydrogen) atoms. The van der Waals surface area contributed by atoms with Crippen LogP contribution < -0.4 is 9.80 Å². The largest absolute Gasteiger partial charge is 2.00 e. The second-order valence-electron chi connectivity index (χ2n) is 8.44. The predicted molar refractivity (Wildman–Crippen MR) is 119 cm³/mol. The van der Waals surface area contributed by atoms with E-state index in [9.17, 15) is 4.79 Å². The number of anilines is 3. The monoisotopic (exact) mass is 588 g/mol. The van der Waals surface area contributed by atoms with Crippen molar-refractivity contribution in [3.05, 3.63) is 66.7 Å². The SMILES string of the molecule is CC(=O)C=C(C)O.CC(C)N1[CH-]N(c2[c-]cc(C(C)(C)C)cc2)c2ncccc21.[Pt+2]. The Balaban J connectivity index is 0.000000489. The van der Waals surface area contributed by atoms with Crippen LogP contribution in [-0.4, -0.2) is 21.9 Å². The van der Waals surface area contributed by atoms with Crippen molar-refractivity contribution < 1.29 is 31.0 Å². The number of aliphatic hydroxyl groups excluding tert-OH is 1. The molecule has 1 aliphatic heterocycles. The van der Waals surface area contributed by atoms with E-state index in [1.54, 1.807) is 0 Å². The average Bonchev–Trinajstić information content (AvgIpc) is 3.00. The van der Waals surface area contributed by atoms with Gasteiger partial charge in [0.05, 0.1) is 5.76 Å². The van der Waals surface area contributed by atoms with Crippen molar-refractivity contribution >= 4 is 23.0 Å². The third-order valence-electron chi connectivity index (χ3n) is 4.40. The number of rotatable bonds is 3. The van der Waals surface area contributed by atoms with Crippen molar-refractivity contribution in [1.29, 1.82) is 0 Å². The smallest absolute Gasteiger partial charge is 0.512 e. The Morgan fingerprint density at radius 3 is 2.33 bits per heavy atom. The van der Waals surface area contributed by atoms with Crippen LogP contribution in [0.4, 0.5) is 17.2 Å². The number of aliphatic hydroxyl groups is 1. The molecule has 0 saturated carbocycles. The normalized spacial score (nSPS) is 13.4. The molecule has 0 unspecified atom stereocenters. The minimum atomic E-state index is -0.125. The summed E-state index contributed by atoms with van der Waals surface area (Å²) >= 11 is 0. The Kier molecular flexibility index (Phi) is 9.30. The van der Waals surface area contributed by atoms with Crippen molar-refractivity contribution in [2.45, 2.75) is 59.9 Å². The molecule has 0 spiro atoms. The number of carbonyl (C=O) groups is 1. The van der Waals surface area contributed by atoms with Crippen molar-refractivity contribution in [3.63, 3.8) is 0 Å². The van der Waals surface area contributed by atoms with Gasteiger partial charge in [0.15, 0.2) is 5.78 Å². The summed E-state index contributed by atoms with van der Waals surface area (Å²) in [4.78, 5) is 18.9. The number of hydrogen-bond donors (Lipinski definition) is 1. The summed E-state index contributed by atoms with van der Waals surface area (Å²) < 4.78 is 0. The van der Waals surface area contributed by atoms with Gasteiger partial charge in [0.2, 0.25) is 0 Å². The molecule has 2 heterocycles. The van der Waals surface area contributed by atoms with E-state index in [0.717, 1.165) is 17.2 Å². The first-order chi connectivity index (χ1) is 13.5. The van der Waals surface area contributed by atoms with Crippen molar-refractivity contribution in [2.24, 2.45) is 0 Å². The fraction of sp³-hybridized carbons (Fsp3) is 0.375. The molecule has 0 saturated heterocycles. The van der Waals surface area contributed by atoms with E-state index < -0.39 is 0 Å². The van der Waals surface area contributed by atoms with Gasteiger partial charge >= 0.3 is 21.1 Å². The molecule has 1 aromatic carbocycles. The molecule has 5 nitrogen and oxygen atoms in total. The third kappa shape index (κ3) is 6.70. The zero-order valence-corrected chi connectivity index (χ0v) is 21.0. The van der Waals surface area contributed by atoms with E-state index in [1.807, 2.05) is 12.3 Å². The molecule has 1 aliphatic rings. The second-order valence-corrected chi connectivity index (χ2v) is 8.44. The summed E-state index contributed by atoms with van der Waals surface area (Å²) in [5, 5.41) is 8.36. The molecule has 0 aliphatic carbocycles. The summed E-state index contributed by atoms with van der Waals surface area (Å²) in [5.41, 5.74) is 3.60. The standard InChI is InChI=1S/C19H23N3.C5H8O2.Pt/c1-14(2)21-13-22(18-17(21)7-6-12-20-18)16-10-8-15(9-11-16)19(3,4)5;1-4(6)3-5(2)7;/h6-10,12-14H,1-5H3;3,6H,1-2H3;/q-2;;+2. The van der Waals surface area contributed by atoms with Crippen LogP contribution in [-0.2, 0) is 31.3 Å². The zero-order chi connectivity index (χ0) is 21.8. The average molecular weight is 589 g/mol. The molecule has 2 aromatic rings. The molecule has 3 rings (SSSR count). The van der Waals surface area contributed by atoms with Crippen LogP contribution in [0.5, 0.6) is 0 Å². The Labute approximate surface area is 195 Å². The van der Waals surface area contributed by atoms with Gasteiger partial charge < -0.3 is 14.9 Å². The number of aromatic nitrogens is 1. The quantitative estimate of drug-likeness (QED) is 0.283. The Morgan fingerprint density at radius 2 is 1.90 bits per heavy atom. The van der Waals surface area contributed by atoms with Crippen molar-refractivity contribution in [3.8, 4) is 0 Å². The van der Waals surface area contributed by atoms with E-state index >= 15 is 0 Å². The van der Waals surface area contributed by atoms with E-state index in [1.165, 1.54) is 25.5 Å². The van der Waals surface area contributed by atoms with E-state index in [2.05, 4.69) is 86.4 Å². The molecule has 0 bridgehead atoms. The van der Waals surface area contributed by atoms with Gasteiger partial charge in [-0.3, -0.25) is 4.79 Å². The number of hydrogen-bond acceptors (Lipinski definition) is 5. The first-order valence-corrected chi connectivity index (χ1v) is 9.78. The zero-order valence-electron chi connectivity index (χ0n) is 18.7. The van der Waals surface area contributed by atoms with Crippen molar-refractivity contribution in [2.75, 3.05) is 9.80 Å². The first-order valence-electron chi connectivity index (χ1n) is 9.78. The van der Waals surface area contributed by atoms with Crippen LogP contribution in [0.25, 0.3) is 0 Å². The molecule has 1 N–H and O–H groups in total. The van der Waals surface area contributed by atoms with Gasteiger partial charge in [0.1, 0.15) is 5.82 Å². The van der Waals surface area contributed by atoms with Gasteiger partial charge in [-0.1, -0.05) is 26.2 Å². The van der Waals surface area contributed by atoms with Gasteiger partial charge in [0.25, 0.3) is 0 Å². The summed E-state index contributed by atoms with van der Waals surface area (Å²) in [5.74, 6) is 0.906. The number of ketones is 1. The predicted octanol–water partition coefficient (Wildman–Crippen LogP) is 5.70. The first kappa shape index (κ1) is 25.9. The number of benzene rings is 1. The van der Waals surface area contributed by atoms with E-state index in [4.69, 9.17) is 5.11 Å². The molecule has 0 radical (unpaired) electrons. The van der Waals surface area contributed by atoms with Crippen LogP contribution in [0.3, 0.4) is 0 Å². The van der Waals surface area contributed by atoms with Crippen LogP contribution in [0.1, 0.15) is 54.0 Å². The fourth-order valence-electron chi connectivity index (χ4n) is 2.93. The molecule has 0 fully saturated rings. The van der Waals surface area contributed by atoms with Crippen LogP contribution in [0.15, 0.2) is 48.4 Å². The van der Waals surface area contributed by atoms with Gasteiger partial charge in [0, 0.05) is 18.0 Å². The van der Waals surface area contributed by atoms with Crippen molar-refractivity contribution in [1.82, 2.24) is 4.98 Å². The van der Waals surface area contributed by atoms with Crippen LogP contribution in [0, 0.1) is 12.7 Å². The van der Waals surface area contributed by atoms with Crippen LogP contribution in [0.2, 0.25) is 0 Å². The molecule has 164 valence electrons. The number of nitrogens with zero attached hydrogens (tertiary/aromatic N) is 3. The van der Waals surface area contributed by atoms with Gasteiger partial charge in [-0.2, -0.15) is 23.8 Å². The topological polar surface area (TPSA) is 56.7 Å².